The number of benzene rings is 2. The smallest absolute Gasteiger partial charge is 0.255 e. The average molecular weight is 473 g/mol. The third-order valence-corrected chi connectivity index (χ3v) is 6.79. The van der Waals surface area contributed by atoms with Gasteiger partial charge in [0.2, 0.25) is 0 Å². The predicted octanol–water partition coefficient (Wildman–Crippen LogP) is 1.52. The van der Waals surface area contributed by atoms with E-state index in [9.17, 15) is 19.8 Å². The molecule has 5 N–H and O–H groups in total. The summed E-state index contributed by atoms with van der Waals surface area (Å²) in [6, 6.07) is 13.1. The van der Waals surface area contributed by atoms with Crippen LogP contribution in [0.3, 0.4) is 0 Å². The molecule has 0 saturated carbocycles. The van der Waals surface area contributed by atoms with Gasteiger partial charge in [0.1, 0.15) is 0 Å². The largest absolute Gasteiger partial charge is 0.397 e. The van der Waals surface area contributed by atoms with Gasteiger partial charge in [-0.1, -0.05) is 41.9 Å². The van der Waals surface area contributed by atoms with Gasteiger partial charge in [0.25, 0.3) is 11.8 Å². The number of hydrogen-bond donors (Lipinski definition) is 4. The summed E-state index contributed by atoms with van der Waals surface area (Å²) in [5.41, 5.74) is 9.55. The number of carbonyl (C=O) groups is 2. The Kier molecular flexibility index (Phi) is 7.07. The van der Waals surface area contributed by atoms with Crippen LogP contribution in [0.4, 0.5) is 11.4 Å². The van der Waals surface area contributed by atoms with Gasteiger partial charge in [-0.15, -0.1) is 0 Å². The Labute approximate surface area is 197 Å². The van der Waals surface area contributed by atoms with Crippen LogP contribution in [0.5, 0.6) is 0 Å². The minimum Gasteiger partial charge on any atom is -0.397 e. The summed E-state index contributed by atoms with van der Waals surface area (Å²) in [4.78, 5) is 28.6. The van der Waals surface area contributed by atoms with Crippen molar-refractivity contribution in [3.05, 3.63) is 58.6 Å². The summed E-state index contributed by atoms with van der Waals surface area (Å²) in [7, 11) is 0. The molecule has 2 aromatic rings. The van der Waals surface area contributed by atoms with Crippen LogP contribution < -0.4 is 16.0 Å². The number of aliphatic hydroxyl groups excluding tert-OH is 2. The van der Waals surface area contributed by atoms with E-state index in [1.807, 2.05) is 42.5 Å². The average Bonchev–Trinajstić information content (AvgIpc) is 3.26. The number of aliphatic hydroxyl groups is 2. The minimum absolute atomic E-state index is 0.210. The molecule has 9 heteroatoms. The lowest BCUT2D eigenvalue weighted by Gasteiger charge is -2.35. The van der Waals surface area contributed by atoms with Crippen molar-refractivity contribution in [2.24, 2.45) is 5.92 Å². The Balaban J connectivity index is 1.24. The number of nitrogens with two attached hydrogens (primary N) is 1. The lowest BCUT2D eigenvalue weighted by atomic mass is 9.96. The summed E-state index contributed by atoms with van der Waals surface area (Å²) in [6.07, 6.45) is -1.99. The Morgan fingerprint density at radius 1 is 1.03 bits per heavy atom. The fourth-order valence-electron chi connectivity index (χ4n) is 4.53. The Hall–Kier alpha value is -2.81. The van der Waals surface area contributed by atoms with E-state index in [1.54, 1.807) is 0 Å². The monoisotopic (exact) mass is 472 g/mol. The van der Waals surface area contributed by atoms with Crippen molar-refractivity contribution in [2.45, 2.75) is 38.1 Å². The number of amides is 2. The van der Waals surface area contributed by atoms with Gasteiger partial charge in [0.15, 0.2) is 12.2 Å². The number of hydrogen-bond acceptors (Lipinski definition) is 6. The van der Waals surface area contributed by atoms with Crippen LogP contribution in [0.1, 0.15) is 24.0 Å². The zero-order chi connectivity index (χ0) is 23.5. The Morgan fingerprint density at radius 3 is 2.27 bits per heavy atom. The number of nitrogen functional groups attached to an aromatic ring is 1. The second-order valence-electron chi connectivity index (χ2n) is 8.71. The zero-order valence-corrected chi connectivity index (χ0v) is 19.0. The van der Waals surface area contributed by atoms with Crippen LogP contribution in [0.15, 0.2) is 42.5 Å². The third-order valence-electron chi connectivity index (χ3n) is 6.49. The molecule has 176 valence electrons. The zero-order valence-electron chi connectivity index (χ0n) is 18.3. The van der Waals surface area contributed by atoms with Gasteiger partial charge in [-0.2, -0.15) is 0 Å². The third kappa shape index (κ3) is 5.08. The van der Waals surface area contributed by atoms with Gasteiger partial charge < -0.3 is 31.1 Å². The van der Waals surface area contributed by atoms with Crippen molar-refractivity contribution < 1.29 is 19.8 Å². The van der Waals surface area contributed by atoms with Crippen molar-refractivity contribution in [1.82, 2.24) is 10.2 Å². The molecule has 8 nitrogen and oxygen atoms in total. The van der Waals surface area contributed by atoms with Crippen molar-refractivity contribution in [3.63, 3.8) is 0 Å². The molecule has 2 amide bonds. The molecule has 2 aromatic carbocycles. The molecule has 33 heavy (non-hydrogen) atoms. The van der Waals surface area contributed by atoms with Crippen LogP contribution in [-0.4, -0.2) is 58.8 Å². The molecule has 2 heterocycles. The first-order valence-corrected chi connectivity index (χ1v) is 11.5. The molecule has 1 fully saturated rings. The van der Waals surface area contributed by atoms with E-state index < -0.39 is 24.0 Å². The number of fused-ring (bicyclic) bond motifs is 1. The van der Waals surface area contributed by atoms with Crippen molar-refractivity contribution in [1.29, 1.82) is 0 Å². The lowest BCUT2D eigenvalue weighted by molar-refractivity contribution is -0.153. The molecule has 2 aliphatic rings. The van der Waals surface area contributed by atoms with Gasteiger partial charge >= 0.3 is 0 Å². The summed E-state index contributed by atoms with van der Waals surface area (Å²) >= 11 is 6.30. The fourth-order valence-corrected chi connectivity index (χ4v) is 4.83. The van der Waals surface area contributed by atoms with Gasteiger partial charge in [-0.25, -0.2) is 0 Å². The number of nitrogens with one attached hydrogen (secondary N) is 1. The number of piperidine rings is 1. The minimum atomic E-state index is -1.82. The van der Waals surface area contributed by atoms with Gasteiger partial charge in [0.05, 0.1) is 16.4 Å². The van der Waals surface area contributed by atoms with Crippen LogP contribution >= 0.6 is 11.6 Å². The molecule has 0 spiro atoms. The first kappa shape index (κ1) is 23.4. The molecule has 0 radical (unpaired) electrons. The first-order chi connectivity index (χ1) is 15.8. The van der Waals surface area contributed by atoms with Crippen molar-refractivity contribution >= 4 is 34.8 Å². The highest BCUT2D eigenvalue weighted by molar-refractivity contribution is 6.34. The van der Waals surface area contributed by atoms with E-state index in [2.05, 4.69) is 10.2 Å². The van der Waals surface area contributed by atoms with E-state index in [-0.39, 0.29) is 5.92 Å². The number of para-hydroxylation sites is 1. The first-order valence-electron chi connectivity index (χ1n) is 11.1. The maximum atomic E-state index is 12.6. The summed E-state index contributed by atoms with van der Waals surface area (Å²) in [5, 5.41) is 23.9. The van der Waals surface area contributed by atoms with E-state index in [1.165, 1.54) is 4.90 Å². The van der Waals surface area contributed by atoms with Crippen LogP contribution in [0.2, 0.25) is 5.02 Å². The molecule has 2 atom stereocenters. The van der Waals surface area contributed by atoms with E-state index in [4.69, 9.17) is 17.3 Å². The number of nitrogens with zero attached hydrogens (tertiary/aromatic N) is 2. The van der Waals surface area contributed by atoms with E-state index >= 15 is 0 Å². The van der Waals surface area contributed by atoms with E-state index in [0.717, 1.165) is 42.7 Å². The number of rotatable bonds is 6. The van der Waals surface area contributed by atoms with Gasteiger partial charge in [-0.3, -0.25) is 9.59 Å². The maximum Gasteiger partial charge on any atom is 0.255 e. The summed E-state index contributed by atoms with van der Waals surface area (Å²) < 4.78 is 0. The fraction of sp³-hybridized carbons (Fsp3) is 0.417. The highest BCUT2D eigenvalue weighted by Crippen LogP contribution is 2.34. The standard InChI is InChI=1S/C24H29ClN4O4/c25-18-6-3-7-19(26)20(18)28-10-8-15(9-11-28)12-27-23(32)21(30)22(31)24(33)29-13-16-4-1-2-5-17(16)14-29/h1-7,15,21-22,30-31H,8-14,26H2,(H,27,32)/t21-,22-/m1/s1. The Bertz CT molecular complexity index is 980. The SMILES string of the molecule is Nc1cccc(Cl)c1N1CCC(CNC(=O)[C@H](O)[C@@H](O)C(=O)N2Cc3ccccc3C2)CC1. The maximum absolute atomic E-state index is 12.6. The van der Waals surface area contributed by atoms with Crippen LogP contribution in [-0.2, 0) is 22.7 Å². The van der Waals surface area contributed by atoms with Gasteiger partial charge in [0, 0.05) is 32.7 Å². The molecule has 2 aliphatic heterocycles. The normalized spacial score (nSPS) is 18.0. The van der Waals surface area contributed by atoms with Crippen molar-refractivity contribution in [3.8, 4) is 0 Å². The quantitative estimate of drug-likeness (QED) is 0.473. The summed E-state index contributed by atoms with van der Waals surface area (Å²) in [6.45, 7) is 2.56. The predicted molar refractivity (Wildman–Crippen MR) is 127 cm³/mol. The Morgan fingerprint density at radius 2 is 1.67 bits per heavy atom. The molecular weight excluding hydrogens is 444 g/mol. The molecule has 1 saturated heterocycles. The highest BCUT2D eigenvalue weighted by atomic mass is 35.5. The highest BCUT2D eigenvalue weighted by Gasteiger charge is 2.35. The lowest BCUT2D eigenvalue weighted by Crippen LogP contribution is -2.50. The molecular formula is C24H29ClN4O4. The molecule has 0 unspecified atom stereocenters. The molecule has 0 bridgehead atoms. The summed E-state index contributed by atoms with van der Waals surface area (Å²) in [5.74, 6) is -1.19. The topological polar surface area (TPSA) is 119 Å². The second-order valence-corrected chi connectivity index (χ2v) is 9.11. The number of carbonyl (C=O) groups excluding carboxylic acids is 2. The molecule has 0 aliphatic carbocycles. The number of anilines is 2. The number of halogens is 1. The molecule has 0 aromatic heterocycles. The van der Waals surface area contributed by atoms with Crippen molar-refractivity contribution in [2.75, 3.05) is 30.3 Å². The molecule has 4 rings (SSSR count). The van der Waals surface area contributed by atoms with Crippen LogP contribution in [0, 0.1) is 5.92 Å². The van der Waals surface area contributed by atoms with E-state index in [0.29, 0.717) is 30.3 Å². The second kappa shape index (κ2) is 9.99. The van der Waals surface area contributed by atoms with Gasteiger partial charge in [-0.05, 0) is 42.0 Å². The van der Waals surface area contributed by atoms with Crippen LogP contribution in [0.25, 0.3) is 0 Å².